The summed E-state index contributed by atoms with van der Waals surface area (Å²) in [4.78, 5) is 0. The lowest BCUT2D eigenvalue weighted by Crippen LogP contribution is -2.37. The van der Waals surface area contributed by atoms with E-state index in [1.807, 2.05) is 14.0 Å². The van der Waals surface area contributed by atoms with Crippen LogP contribution in [0.25, 0.3) is 11.4 Å². The second-order valence-corrected chi connectivity index (χ2v) is 9.63. The van der Waals surface area contributed by atoms with Gasteiger partial charge in [-0.25, -0.2) is 0 Å². The molecule has 160 valence electrons. The molecule has 0 aliphatic heterocycles. The maximum absolute atomic E-state index is 9.63. The molecule has 1 heterocycles. The number of aromatic hydroxyl groups is 1. The number of halogens is 1. The van der Waals surface area contributed by atoms with E-state index in [9.17, 15) is 10.2 Å². The quantitative estimate of drug-likeness (QED) is 0.610. The lowest BCUT2D eigenvalue weighted by molar-refractivity contribution is 0.100. The van der Waals surface area contributed by atoms with Crippen molar-refractivity contribution in [2.24, 2.45) is 12.5 Å². The number of phenolic OH excluding ortho intramolecular Hbond substituents is 1. The van der Waals surface area contributed by atoms with Crippen LogP contribution in [0.2, 0.25) is 5.02 Å². The Bertz CT molecular complexity index is 839. The monoisotopic (exact) mass is 419 g/mol. The number of aliphatic hydroxyl groups is 1. The van der Waals surface area contributed by atoms with E-state index in [-0.39, 0.29) is 17.3 Å². The van der Waals surface area contributed by atoms with Crippen LogP contribution in [0.1, 0.15) is 78.0 Å². The molecule has 1 aliphatic carbocycles. The van der Waals surface area contributed by atoms with Gasteiger partial charge in [0.25, 0.3) is 0 Å². The molecule has 1 unspecified atom stereocenters. The predicted octanol–water partition coefficient (Wildman–Crippen LogP) is 5.62. The van der Waals surface area contributed by atoms with Gasteiger partial charge < -0.3 is 14.8 Å². The Morgan fingerprint density at radius 3 is 2.48 bits per heavy atom. The van der Waals surface area contributed by atoms with Crippen molar-refractivity contribution >= 4 is 11.6 Å². The van der Waals surface area contributed by atoms with Crippen LogP contribution in [-0.2, 0) is 12.5 Å². The van der Waals surface area contributed by atoms with Gasteiger partial charge in [-0.1, -0.05) is 38.3 Å². The predicted molar refractivity (Wildman–Crippen MR) is 117 cm³/mol. The van der Waals surface area contributed by atoms with E-state index in [2.05, 4.69) is 28.6 Å². The van der Waals surface area contributed by atoms with Gasteiger partial charge in [0.05, 0.1) is 11.1 Å². The normalized spacial score (nSPS) is 25.9. The minimum atomic E-state index is -0.207. The molecule has 1 atom stereocenters. The molecule has 2 aromatic rings. The van der Waals surface area contributed by atoms with Crippen LogP contribution in [0, 0.1) is 5.41 Å². The maximum atomic E-state index is 9.63. The second kappa shape index (κ2) is 8.65. The van der Waals surface area contributed by atoms with Crippen LogP contribution in [0.5, 0.6) is 5.75 Å². The van der Waals surface area contributed by atoms with Crippen molar-refractivity contribution in [2.75, 3.05) is 0 Å². The third-order valence-corrected chi connectivity index (χ3v) is 7.41. The maximum Gasteiger partial charge on any atom is 0.165 e. The van der Waals surface area contributed by atoms with E-state index in [1.54, 1.807) is 12.1 Å². The number of aliphatic hydroxyl groups excluding tert-OH is 1. The van der Waals surface area contributed by atoms with Crippen molar-refractivity contribution < 1.29 is 10.2 Å². The molecular weight excluding hydrogens is 386 g/mol. The topological polar surface area (TPSA) is 71.2 Å². The number of phenols is 1. The number of rotatable bonds is 7. The van der Waals surface area contributed by atoms with E-state index in [0.29, 0.717) is 10.4 Å². The minimum Gasteiger partial charge on any atom is -0.508 e. The van der Waals surface area contributed by atoms with Crippen LogP contribution >= 0.6 is 11.6 Å². The summed E-state index contributed by atoms with van der Waals surface area (Å²) >= 11 is 6.33. The molecule has 1 aromatic heterocycles. The molecule has 1 aromatic carbocycles. The number of aromatic nitrogens is 3. The lowest BCUT2D eigenvalue weighted by atomic mass is 9.61. The highest BCUT2D eigenvalue weighted by Gasteiger charge is 2.42. The summed E-state index contributed by atoms with van der Waals surface area (Å²) in [6, 6.07) is 4.95. The average molecular weight is 420 g/mol. The van der Waals surface area contributed by atoms with Gasteiger partial charge in [0, 0.05) is 18.0 Å². The first kappa shape index (κ1) is 22.1. The highest BCUT2D eigenvalue weighted by atomic mass is 35.5. The summed E-state index contributed by atoms with van der Waals surface area (Å²) in [7, 11) is 2.00. The number of hydrogen-bond donors (Lipinski definition) is 2. The molecule has 0 bridgehead atoms. The molecule has 2 N–H and O–H groups in total. The molecule has 3 rings (SSSR count). The average Bonchev–Trinajstić information content (AvgIpc) is 3.05. The van der Waals surface area contributed by atoms with Crippen molar-refractivity contribution in [1.82, 2.24) is 14.8 Å². The zero-order chi connectivity index (χ0) is 21.2. The van der Waals surface area contributed by atoms with Crippen LogP contribution in [0.3, 0.4) is 0 Å². The van der Waals surface area contributed by atoms with Crippen molar-refractivity contribution in [1.29, 1.82) is 0 Å². The molecule has 0 saturated heterocycles. The molecule has 1 aliphatic rings. The Morgan fingerprint density at radius 2 is 1.90 bits per heavy atom. The van der Waals surface area contributed by atoms with Gasteiger partial charge in [0.15, 0.2) is 5.82 Å². The Kier molecular flexibility index (Phi) is 6.59. The van der Waals surface area contributed by atoms with Crippen LogP contribution < -0.4 is 0 Å². The molecule has 0 amide bonds. The Balaban J connectivity index is 1.77. The van der Waals surface area contributed by atoms with Crippen molar-refractivity contribution in [2.45, 2.75) is 83.7 Å². The zero-order valence-corrected chi connectivity index (χ0v) is 18.8. The number of nitrogens with zero attached hydrogens (tertiary/aromatic N) is 3. The number of hydrogen-bond acceptors (Lipinski definition) is 4. The second-order valence-electron chi connectivity index (χ2n) is 9.23. The summed E-state index contributed by atoms with van der Waals surface area (Å²) in [6.07, 6.45) is 8.70. The molecule has 6 heteroatoms. The van der Waals surface area contributed by atoms with Crippen LogP contribution in [0.4, 0.5) is 0 Å². The fraction of sp³-hybridized carbons (Fsp3) is 0.652. The summed E-state index contributed by atoms with van der Waals surface area (Å²) in [5.74, 6) is 1.88. The molecule has 29 heavy (non-hydrogen) atoms. The number of benzene rings is 1. The van der Waals surface area contributed by atoms with Gasteiger partial charge in [0.2, 0.25) is 0 Å². The van der Waals surface area contributed by atoms with Crippen LogP contribution in [0.15, 0.2) is 18.2 Å². The van der Waals surface area contributed by atoms with E-state index in [4.69, 9.17) is 11.6 Å². The van der Waals surface area contributed by atoms with Crippen molar-refractivity contribution in [3.63, 3.8) is 0 Å². The summed E-state index contributed by atoms with van der Waals surface area (Å²) in [6.45, 7) is 6.48. The molecule has 1 saturated carbocycles. The Labute approximate surface area is 179 Å². The largest absolute Gasteiger partial charge is 0.508 e. The van der Waals surface area contributed by atoms with Gasteiger partial charge >= 0.3 is 0 Å². The zero-order valence-electron chi connectivity index (χ0n) is 18.1. The van der Waals surface area contributed by atoms with Gasteiger partial charge in [-0.2, -0.15) is 0 Å². The van der Waals surface area contributed by atoms with E-state index >= 15 is 0 Å². The smallest absolute Gasteiger partial charge is 0.165 e. The third kappa shape index (κ3) is 4.61. The summed E-state index contributed by atoms with van der Waals surface area (Å²) in [5.41, 5.74) is 1.16. The standard InChI is InChI=1S/C23H34ClN3O2/c1-5-23(10-6-7-16(2)28)13-11-22(3,12-14-23)21-26-25-20(27(21)4)18-9-8-17(29)15-19(18)24/h8-9,15-16,28-29H,5-7,10-14H2,1-4H3. The molecule has 1 fully saturated rings. The van der Waals surface area contributed by atoms with Gasteiger partial charge in [-0.3, -0.25) is 0 Å². The summed E-state index contributed by atoms with van der Waals surface area (Å²) in [5, 5.41) is 28.7. The summed E-state index contributed by atoms with van der Waals surface area (Å²) < 4.78 is 2.06. The first-order valence-corrected chi connectivity index (χ1v) is 11.1. The first-order chi connectivity index (χ1) is 13.7. The van der Waals surface area contributed by atoms with Crippen molar-refractivity contribution in [3.05, 3.63) is 29.0 Å². The highest BCUT2D eigenvalue weighted by molar-refractivity contribution is 6.33. The molecule has 0 spiro atoms. The van der Waals surface area contributed by atoms with Crippen LogP contribution in [-0.4, -0.2) is 31.1 Å². The fourth-order valence-electron chi connectivity index (χ4n) is 4.88. The highest BCUT2D eigenvalue weighted by Crippen LogP contribution is 2.50. The van der Waals surface area contributed by atoms with Gasteiger partial charge in [0.1, 0.15) is 11.6 Å². The molecular formula is C23H34ClN3O2. The lowest BCUT2D eigenvalue weighted by Gasteiger charge is -2.44. The fourth-order valence-corrected chi connectivity index (χ4v) is 5.14. The van der Waals surface area contributed by atoms with E-state index in [0.717, 1.165) is 42.9 Å². The SMILES string of the molecule is CCC1(CCCC(C)O)CCC(C)(c2nnc(-c3ccc(O)cc3Cl)n2C)CC1. The Morgan fingerprint density at radius 1 is 1.21 bits per heavy atom. The Hall–Kier alpha value is -1.59. The van der Waals surface area contributed by atoms with Crippen molar-refractivity contribution in [3.8, 4) is 17.1 Å². The van der Waals surface area contributed by atoms with E-state index in [1.165, 1.54) is 31.7 Å². The first-order valence-electron chi connectivity index (χ1n) is 10.8. The minimum absolute atomic E-state index is 0.00760. The van der Waals surface area contributed by atoms with E-state index < -0.39 is 0 Å². The third-order valence-electron chi connectivity index (χ3n) is 7.10. The van der Waals surface area contributed by atoms with Gasteiger partial charge in [-0.15, -0.1) is 10.2 Å². The molecule has 0 radical (unpaired) electrons. The van der Waals surface area contributed by atoms with Gasteiger partial charge in [-0.05, 0) is 69.1 Å². The molecule has 5 nitrogen and oxygen atoms in total.